The average Bonchev–Trinajstić information content (AvgIpc) is 2.67. The Labute approximate surface area is 157 Å². The Morgan fingerprint density at radius 1 is 1.19 bits per heavy atom. The van der Waals surface area contributed by atoms with Crippen LogP contribution >= 0.6 is 0 Å². The third kappa shape index (κ3) is 3.18. The summed E-state index contributed by atoms with van der Waals surface area (Å²) in [5.41, 5.74) is 8.11. The van der Waals surface area contributed by atoms with Gasteiger partial charge >= 0.3 is 0 Å². The number of anilines is 1. The van der Waals surface area contributed by atoms with Crippen LogP contribution < -0.4 is 10.6 Å². The number of aromatic nitrogens is 2. The molecule has 0 radical (unpaired) electrons. The normalized spacial score (nSPS) is 17.2. The van der Waals surface area contributed by atoms with Crippen molar-refractivity contribution >= 4 is 22.6 Å². The fourth-order valence-electron chi connectivity index (χ4n) is 3.71. The van der Waals surface area contributed by atoms with E-state index in [1.54, 1.807) is 18.2 Å². The molecule has 1 atom stereocenters. The number of aromatic hydroxyl groups is 1. The van der Waals surface area contributed by atoms with Crippen LogP contribution in [0.25, 0.3) is 22.3 Å². The minimum atomic E-state index is -0.379. The number of hydrogen-bond acceptors (Lipinski definition) is 5. The fourth-order valence-corrected chi connectivity index (χ4v) is 3.71. The van der Waals surface area contributed by atoms with Gasteiger partial charge in [0.1, 0.15) is 17.6 Å². The highest BCUT2D eigenvalue weighted by atomic mass is 16.3. The van der Waals surface area contributed by atoms with Gasteiger partial charge in [-0.2, -0.15) is 0 Å². The zero-order valence-electron chi connectivity index (χ0n) is 15.2. The molecular weight excluding hydrogens is 340 g/mol. The number of carbonyl (C=O) groups is 1. The molecule has 0 unspecified atom stereocenters. The number of nitrogens with zero attached hydrogens (tertiary/aromatic N) is 3. The van der Waals surface area contributed by atoms with E-state index in [1.807, 2.05) is 36.1 Å². The maximum atomic E-state index is 12.0. The average molecular weight is 362 g/mol. The summed E-state index contributed by atoms with van der Waals surface area (Å²) < 4.78 is 0. The highest BCUT2D eigenvalue weighted by molar-refractivity contribution is 5.94. The van der Waals surface area contributed by atoms with Gasteiger partial charge in [0.2, 0.25) is 5.91 Å². The molecule has 27 heavy (non-hydrogen) atoms. The first kappa shape index (κ1) is 17.3. The van der Waals surface area contributed by atoms with E-state index in [0.717, 1.165) is 35.7 Å². The van der Waals surface area contributed by atoms with Crippen LogP contribution in [0.15, 0.2) is 42.5 Å². The summed E-state index contributed by atoms with van der Waals surface area (Å²) in [6.45, 7) is 2.72. The van der Waals surface area contributed by atoms with Crippen molar-refractivity contribution in [3.05, 3.63) is 48.0 Å². The Hall–Kier alpha value is -3.15. The molecular formula is C21H22N4O2. The minimum Gasteiger partial charge on any atom is -0.507 e. The molecule has 1 saturated heterocycles. The maximum Gasteiger partial charge on any atom is 0.240 e. The molecule has 138 valence electrons. The van der Waals surface area contributed by atoms with E-state index in [-0.39, 0.29) is 17.7 Å². The quantitative estimate of drug-likeness (QED) is 0.747. The van der Waals surface area contributed by atoms with Crippen molar-refractivity contribution in [3.8, 4) is 17.1 Å². The number of para-hydroxylation sites is 1. The van der Waals surface area contributed by atoms with E-state index in [2.05, 4.69) is 4.98 Å². The molecule has 0 aliphatic carbocycles. The Morgan fingerprint density at radius 3 is 2.78 bits per heavy atom. The summed E-state index contributed by atoms with van der Waals surface area (Å²) in [4.78, 5) is 23.5. The monoisotopic (exact) mass is 362 g/mol. The predicted octanol–water partition coefficient (Wildman–Crippen LogP) is 3.16. The lowest BCUT2D eigenvalue weighted by Gasteiger charge is -2.35. The molecule has 0 saturated carbocycles. The topological polar surface area (TPSA) is 92.3 Å². The van der Waals surface area contributed by atoms with Gasteiger partial charge in [0.05, 0.1) is 11.1 Å². The summed E-state index contributed by atoms with van der Waals surface area (Å²) in [5, 5.41) is 11.1. The molecule has 4 rings (SSSR count). The number of piperidine rings is 1. The predicted molar refractivity (Wildman–Crippen MR) is 106 cm³/mol. The number of primary amides is 1. The first-order valence-corrected chi connectivity index (χ1v) is 9.17. The Bertz CT molecular complexity index is 1020. The second kappa shape index (κ2) is 6.87. The van der Waals surface area contributed by atoms with Crippen molar-refractivity contribution in [3.63, 3.8) is 0 Å². The molecule has 6 nitrogen and oxygen atoms in total. The molecule has 3 aromatic rings. The lowest BCUT2D eigenvalue weighted by molar-refractivity contribution is -0.119. The SMILES string of the molecule is Cc1ccc2c(N3CCCC[C@@H]3C(N)=O)nc(-c3ccccc3O)nc2c1. The highest BCUT2D eigenvalue weighted by Crippen LogP contribution is 2.34. The number of nitrogens with two attached hydrogens (primary N) is 1. The summed E-state index contributed by atoms with van der Waals surface area (Å²) in [7, 11) is 0. The smallest absolute Gasteiger partial charge is 0.240 e. The summed E-state index contributed by atoms with van der Waals surface area (Å²) in [6.07, 6.45) is 2.67. The van der Waals surface area contributed by atoms with Crippen molar-refractivity contribution in [2.45, 2.75) is 32.2 Å². The zero-order valence-corrected chi connectivity index (χ0v) is 15.2. The van der Waals surface area contributed by atoms with Crippen molar-refractivity contribution in [1.29, 1.82) is 0 Å². The molecule has 3 N–H and O–H groups in total. The summed E-state index contributed by atoms with van der Waals surface area (Å²) >= 11 is 0. The van der Waals surface area contributed by atoms with Crippen molar-refractivity contribution < 1.29 is 9.90 Å². The third-order valence-corrected chi connectivity index (χ3v) is 5.08. The Morgan fingerprint density at radius 2 is 2.00 bits per heavy atom. The minimum absolute atomic E-state index is 0.126. The molecule has 0 spiro atoms. The molecule has 1 aromatic heterocycles. The Balaban J connectivity index is 1.95. The first-order valence-electron chi connectivity index (χ1n) is 9.17. The van der Waals surface area contributed by atoms with Crippen molar-refractivity contribution in [1.82, 2.24) is 9.97 Å². The highest BCUT2D eigenvalue weighted by Gasteiger charge is 2.30. The van der Waals surface area contributed by atoms with Gasteiger partial charge in [-0.1, -0.05) is 18.2 Å². The van der Waals surface area contributed by atoms with Crippen LogP contribution in [0.1, 0.15) is 24.8 Å². The lowest BCUT2D eigenvalue weighted by atomic mass is 10.0. The number of benzene rings is 2. The molecule has 1 aliphatic heterocycles. The standard InChI is InChI=1S/C21H22N4O2/c1-13-9-10-14-16(12-13)23-20(15-6-2-3-8-18(15)26)24-21(14)25-11-5-4-7-17(25)19(22)27/h2-3,6,8-10,12,17,26H,4-5,7,11H2,1H3,(H2,22,27)/t17-/m1/s1. The molecule has 0 bridgehead atoms. The van der Waals surface area contributed by atoms with E-state index in [4.69, 9.17) is 10.7 Å². The third-order valence-electron chi connectivity index (χ3n) is 5.08. The summed E-state index contributed by atoms with van der Waals surface area (Å²) in [6, 6.07) is 12.6. The van der Waals surface area contributed by atoms with Gasteiger partial charge in [0, 0.05) is 11.9 Å². The Kier molecular flexibility index (Phi) is 4.39. The van der Waals surface area contributed by atoms with Crippen LogP contribution in [0.2, 0.25) is 0 Å². The number of phenolic OH excluding ortho intramolecular Hbond substituents is 1. The van der Waals surface area contributed by atoms with Gasteiger partial charge in [-0.15, -0.1) is 0 Å². The van der Waals surface area contributed by atoms with E-state index in [9.17, 15) is 9.90 Å². The number of rotatable bonds is 3. The summed E-state index contributed by atoms with van der Waals surface area (Å²) in [5.74, 6) is 0.926. The van der Waals surface area contributed by atoms with Gasteiger partial charge in [-0.05, 0) is 56.0 Å². The molecule has 2 heterocycles. The van der Waals surface area contributed by atoms with Gasteiger partial charge < -0.3 is 15.7 Å². The molecule has 1 fully saturated rings. The van der Waals surface area contributed by atoms with E-state index in [0.29, 0.717) is 23.8 Å². The van der Waals surface area contributed by atoms with E-state index in [1.165, 1.54) is 0 Å². The van der Waals surface area contributed by atoms with E-state index < -0.39 is 0 Å². The van der Waals surface area contributed by atoms with E-state index >= 15 is 0 Å². The van der Waals surface area contributed by atoms with Crippen LogP contribution in [0.3, 0.4) is 0 Å². The molecule has 6 heteroatoms. The number of aryl methyl sites for hydroxylation is 1. The maximum absolute atomic E-state index is 12.0. The largest absolute Gasteiger partial charge is 0.507 e. The van der Waals surface area contributed by atoms with Gasteiger partial charge in [-0.25, -0.2) is 9.97 Å². The number of hydrogen-bond donors (Lipinski definition) is 2. The number of amides is 1. The van der Waals surface area contributed by atoms with Crippen LogP contribution in [0, 0.1) is 6.92 Å². The number of phenols is 1. The zero-order chi connectivity index (χ0) is 19.0. The van der Waals surface area contributed by atoms with Crippen molar-refractivity contribution in [2.75, 3.05) is 11.4 Å². The molecule has 1 aliphatic rings. The number of fused-ring (bicyclic) bond motifs is 1. The van der Waals surface area contributed by atoms with Gasteiger partial charge in [0.15, 0.2) is 5.82 Å². The number of carbonyl (C=O) groups excluding carboxylic acids is 1. The van der Waals surface area contributed by atoms with Gasteiger partial charge in [0.25, 0.3) is 0 Å². The second-order valence-electron chi connectivity index (χ2n) is 7.02. The van der Waals surface area contributed by atoms with Crippen LogP contribution in [-0.4, -0.2) is 33.6 Å². The second-order valence-corrected chi connectivity index (χ2v) is 7.02. The fraction of sp³-hybridized carbons (Fsp3) is 0.286. The molecule has 2 aromatic carbocycles. The van der Waals surface area contributed by atoms with Gasteiger partial charge in [-0.3, -0.25) is 4.79 Å². The molecule has 1 amide bonds. The van der Waals surface area contributed by atoms with Crippen LogP contribution in [-0.2, 0) is 4.79 Å². The lowest BCUT2D eigenvalue weighted by Crippen LogP contribution is -2.48. The van der Waals surface area contributed by atoms with Crippen LogP contribution in [0.5, 0.6) is 5.75 Å². The van der Waals surface area contributed by atoms with Crippen molar-refractivity contribution in [2.24, 2.45) is 5.73 Å². The first-order chi connectivity index (χ1) is 13.0. The van der Waals surface area contributed by atoms with Crippen LogP contribution in [0.4, 0.5) is 5.82 Å².